The molecule has 0 aliphatic carbocycles. The fraction of sp³-hybridized carbons (Fsp3) is 0.500. The second-order valence-corrected chi connectivity index (χ2v) is 0.884. The number of ketones is 1. The van der Waals surface area contributed by atoms with Gasteiger partial charge in [-0.25, -0.2) is 4.79 Å². The summed E-state index contributed by atoms with van der Waals surface area (Å²) in [5, 5.41) is 7.93. The Morgan fingerprint density at radius 1 is 1.86 bits per heavy atom. The van der Waals surface area contributed by atoms with Gasteiger partial charge in [0.05, 0.1) is 0 Å². The highest BCUT2D eigenvalue weighted by Gasteiger charge is 2.05. The Labute approximate surface area is 43.8 Å². The standard InChI is InChI=1S/C4H6O3/c1-2-3(5)4(6)7/h2H2,1H3,(H,6,7)/i1+1,2+1D2,3+1,4+1. The molecule has 0 aromatic rings. The van der Waals surface area contributed by atoms with Crippen LogP contribution in [-0.2, 0) is 9.59 Å². The molecule has 0 fully saturated rings. The first-order valence-electron chi connectivity index (χ1n) is 2.63. The van der Waals surface area contributed by atoms with Gasteiger partial charge in [-0.1, -0.05) is 6.92 Å². The molecule has 0 saturated carbocycles. The first kappa shape index (κ1) is 3.18. The van der Waals surface area contributed by atoms with Crippen LogP contribution in [-0.4, -0.2) is 16.9 Å². The lowest BCUT2D eigenvalue weighted by atomic mass is 11.3. The van der Waals surface area contributed by atoms with Gasteiger partial charge in [0.15, 0.2) is 0 Å². The van der Waals surface area contributed by atoms with Crippen LogP contribution in [0.25, 0.3) is 0 Å². The Morgan fingerprint density at radius 2 is 2.29 bits per heavy atom. The molecular weight excluding hydrogens is 100 g/mol. The SMILES string of the molecule is [2H][13C]([2H])([13CH3])[13C](=O)[13C](=O)O. The van der Waals surface area contributed by atoms with E-state index in [2.05, 4.69) is 0 Å². The van der Waals surface area contributed by atoms with Crippen molar-refractivity contribution in [2.45, 2.75) is 13.3 Å². The zero-order valence-corrected chi connectivity index (χ0v) is 3.76. The van der Waals surface area contributed by atoms with E-state index in [1.54, 1.807) is 0 Å². The molecule has 7 heavy (non-hydrogen) atoms. The lowest BCUT2D eigenvalue weighted by Gasteiger charge is -1.80. The van der Waals surface area contributed by atoms with Crippen molar-refractivity contribution in [2.75, 3.05) is 0 Å². The topological polar surface area (TPSA) is 54.4 Å². The van der Waals surface area contributed by atoms with Gasteiger partial charge in [0, 0.05) is 9.11 Å². The van der Waals surface area contributed by atoms with Crippen LogP contribution >= 0.6 is 0 Å². The fourth-order valence-electron chi connectivity index (χ4n) is 0.107. The van der Waals surface area contributed by atoms with Gasteiger partial charge >= 0.3 is 5.97 Å². The van der Waals surface area contributed by atoms with E-state index in [1.165, 1.54) is 0 Å². The monoisotopic (exact) mass is 108 g/mol. The molecule has 0 aromatic carbocycles. The number of hydrogen-bond donors (Lipinski definition) is 1. The van der Waals surface area contributed by atoms with Crippen LogP contribution in [0.3, 0.4) is 0 Å². The molecule has 0 rings (SSSR count). The minimum atomic E-state index is -2.26. The summed E-state index contributed by atoms with van der Waals surface area (Å²) < 4.78 is 13.2. The van der Waals surface area contributed by atoms with Crippen LogP contribution in [0.2, 0.25) is 0 Å². The highest BCUT2D eigenvalue weighted by Crippen LogP contribution is 1.76. The molecule has 0 saturated heterocycles. The third-order valence-corrected chi connectivity index (χ3v) is 0.421. The van der Waals surface area contributed by atoms with Crippen molar-refractivity contribution in [3.8, 4) is 0 Å². The van der Waals surface area contributed by atoms with Crippen molar-refractivity contribution in [3.05, 3.63) is 0 Å². The third-order valence-electron chi connectivity index (χ3n) is 0.421. The number of rotatable bonds is 2. The number of aliphatic carboxylic acids is 1. The van der Waals surface area contributed by atoms with Gasteiger partial charge < -0.3 is 5.11 Å². The van der Waals surface area contributed by atoms with Crippen LogP contribution in [0, 0.1) is 0 Å². The van der Waals surface area contributed by atoms with Crippen molar-refractivity contribution in [1.82, 2.24) is 0 Å². The smallest absolute Gasteiger partial charge is 0.372 e. The molecule has 0 amide bonds. The molecule has 1 N–H and O–H groups in total. The second-order valence-electron chi connectivity index (χ2n) is 0.884. The minimum absolute atomic E-state index is 0.906. The van der Waals surface area contributed by atoms with E-state index >= 15 is 0 Å². The Hall–Kier alpha value is -0.860. The minimum Gasteiger partial charge on any atom is -0.476 e. The van der Waals surface area contributed by atoms with Crippen LogP contribution in [0.5, 0.6) is 0 Å². The zero-order chi connectivity index (χ0) is 7.65. The maximum absolute atomic E-state index is 10.2. The van der Waals surface area contributed by atoms with E-state index in [4.69, 9.17) is 7.85 Å². The summed E-state index contributed by atoms with van der Waals surface area (Å²) in [7, 11) is 0. The third kappa shape index (κ3) is 1.92. The summed E-state index contributed by atoms with van der Waals surface area (Å²) >= 11 is 0. The Kier molecular flexibility index (Phi) is 1.06. The zero-order valence-electron chi connectivity index (χ0n) is 5.76. The van der Waals surface area contributed by atoms with Crippen LogP contribution in [0.1, 0.15) is 16.0 Å². The molecule has 0 aliphatic rings. The quantitative estimate of drug-likeness (QED) is 0.401. The molecule has 40 valence electrons. The largest absolute Gasteiger partial charge is 0.476 e. The van der Waals surface area contributed by atoms with Crippen molar-refractivity contribution in [2.24, 2.45) is 0 Å². The average Bonchev–Trinajstić information content (AvgIpc) is 1.62. The van der Waals surface area contributed by atoms with E-state index in [0.717, 1.165) is 6.92 Å². The molecule has 0 aliphatic heterocycles. The lowest BCUT2D eigenvalue weighted by Crippen LogP contribution is -2.09. The first-order valence-corrected chi connectivity index (χ1v) is 1.63. The number of carbonyl (C=O) groups is 2. The van der Waals surface area contributed by atoms with E-state index in [-0.39, 0.29) is 0 Å². The lowest BCUT2D eigenvalue weighted by molar-refractivity contribution is -0.148. The molecular formula is C4H6O3. The molecule has 0 aromatic heterocycles. The number of hydrogen-bond acceptors (Lipinski definition) is 2. The fourth-order valence-corrected chi connectivity index (χ4v) is 0.107. The summed E-state index contributed by atoms with van der Waals surface area (Å²) in [5.41, 5.74) is 0. The van der Waals surface area contributed by atoms with Gasteiger partial charge in [-0.2, -0.15) is 0 Å². The van der Waals surface area contributed by atoms with Crippen molar-refractivity contribution in [3.63, 3.8) is 0 Å². The van der Waals surface area contributed by atoms with Gasteiger partial charge in [-0.05, 0) is 0 Å². The summed E-state index contributed by atoms with van der Waals surface area (Å²) in [6.45, 7) is 0.906. The summed E-state index contributed by atoms with van der Waals surface area (Å²) in [6.07, 6.45) is -2.26. The first-order chi connectivity index (χ1) is 3.85. The Bertz CT molecular complexity index is 146. The number of Topliss-reactive ketones (excluding diaryl/α,β-unsaturated/α-hetero) is 1. The van der Waals surface area contributed by atoms with Gasteiger partial charge in [0.25, 0.3) is 0 Å². The van der Waals surface area contributed by atoms with Gasteiger partial charge in [-0.15, -0.1) is 0 Å². The molecule has 0 radical (unpaired) electrons. The predicted molar refractivity (Wildman–Crippen MR) is 22.9 cm³/mol. The molecule has 0 unspecified atom stereocenters. The predicted octanol–water partition coefficient (Wildman–Crippen LogP) is 0.0501. The highest BCUT2D eigenvalue weighted by atomic mass is 16.5. The maximum atomic E-state index is 10.2. The molecule has 0 heterocycles. The average molecular weight is 108 g/mol. The summed E-state index contributed by atoms with van der Waals surface area (Å²) in [5.74, 6) is -3.15. The van der Waals surface area contributed by atoms with Crippen LogP contribution in [0.15, 0.2) is 0 Å². The normalized spacial score (nSPS) is 14.4. The summed E-state index contributed by atoms with van der Waals surface area (Å²) in [6, 6.07) is 0. The van der Waals surface area contributed by atoms with Crippen molar-refractivity contribution < 1.29 is 17.4 Å². The van der Waals surface area contributed by atoms with E-state index in [0.29, 0.717) is 0 Å². The summed E-state index contributed by atoms with van der Waals surface area (Å²) in [4.78, 5) is 19.9. The molecule has 0 spiro atoms. The van der Waals surface area contributed by atoms with Crippen molar-refractivity contribution in [1.29, 1.82) is 0 Å². The van der Waals surface area contributed by atoms with Gasteiger partial charge in [0.1, 0.15) is 0 Å². The second kappa shape index (κ2) is 2.34. The van der Waals surface area contributed by atoms with Gasteiger partial charge in [0.2, 0.25) is 5.78 Å². The maximum Gasteiger partial charge on any atom is 0.372 e. The molecule has 3 nitrogen and oxygen atoms in total. The van der Waals surface area contributed by atoms with Crippen molar-refractivity contribution >= 4 is 11.8 Å². The molecule has 3 heteroatoms. The van der Waals surface area contributed by atoms with Crippen LogP contribution < -0.4 is 0 Å². The number of carboxylic acids is 1. The van der Waals surface area contributed by atoms with Gasteiger partial charge in [-0.3, -0.25) is 4.79 Å². The van der Waals surface area contributed by atoms with E-state index in [9.17, 15) is 9.59 Å². The Balaban J connectivity index is 4.23. The number of carbonyl (C=O) groups excluding carboxylic acids is 1. The van der Waals surface area contributed by atoms with E-state index in [1.807, 2.05) is 0 Å². The highest BCUT2D eigenvalue weighted by molar-refractivity contribution is 6.32. The number of carboxylic acid groups (broad SMARTS) is 1. The van der Waals surface area contributed by atoms with Crippen LogP contribution in [0.4, 0.5) is 0 Å². The molecule has 0 atom stereocenters. The van der Waals surface area contributed by atoms with E-state index < -0.39 is 18.1 Å². The molecule has 0 bridgehead atoms. The Morgan fingerprint density at radius 3 is 2.29 bits per heavy atom.